The van der Waals surface area contributed by atoms with Crippen LogP contribution in [0.25, 0.3) is 5.65 Å². The summed E-state index contributed by atoms with van der Waals surface area (Å²) in [7, 11) is 1.44. The van der Waals surface area contributed by atoms with E-state index in [1.165, 1.54) is 23.9 Å². The molecule has 0 radical (unpaired) electrons. The van der Waals surface area contributed by atoms with E-state index in [1.807, 2.05) is 11.5 Å². The van der Waals surface area contributed by atoms with Crippen molar-refractivity contribution in [2.45, 2.75) is 45.1 Å². The second-order valence-electron chi connectivity index (χ2n) is 11.0. The van der Waals surface area contributed by atoms with Crippen LogP contribution >= 0.6 is 0 Å². The van der Waals surface area contributed by atoms with Gasteiger partial charge >= 0.3 is 5.97 Å². The number of nitrogens with one attached hydrogen (secondary N) is 3. The summed E-state index contributed by atoms with van der Waals surface area (Å²) in [5.41, 5.74) is 3.53. The van der Waals surface area contributed by atoms with E-state index < -0.39 is 5.91 Å². The number of hydrogen-bond acceptors (Lipinski definition) is 10. The number of methoxy groups -OCH3 is 1. The molecule has 4 N–H and O–H groups in total. The smallest absolute Gasteiger partial charge is 0.311 e. The number of hydroxylamine groups is 1. The number of benzene rings is 1. The van der Waals surface area contributed by atoms with Crippen LogP contribution < -0.4 is 20.9 Å². The number of amides is 2. The first kappa shape index (κ1) is 26.7. The van der Waals surface area contributed by atoms with Gasteiger partial charge in [-0.2, -0.15) is 5.10 Å². The Labute approximate surface area is 235 Å². The molecule has 3 saturated carbocycles. The number of esters is 1. The highest BCUT2D eigenvalue weighted by molar-refractivity contribution is 5.98. The second-order valence-corrected chi connectivity index (χ2v) is 11.0. The molecule has 0 saturated heterocycles. The van der Waals surface area contributed by atoms with Crippen LogP contribution in [0.4, 0.5) is 5.69 Å². The lowest BCUT2D eigenvalue weighted by Crippen LogP contribution is -2.50. The van der Waals surface area contributed by atoms with E-state index in [-0.39, 0.29) is 53.1 Å². The molecule has 7 rings (SSSR count). The van der Waals surface area contributed by atoms with Gasteiger partial charge in [0.1, 0.15) is 29.4 Å². The SMILES string of the molecule is COC(=O)C12CCC(CNC(=O)c3cc(C(=O)NCc4ccc5c(c4)N=C(NO)CO5)nc4ccnn34)(CC1)CC2. The molecule has 41 heavy (non-hydrogen) atoms. The van der Waals surface area contributed by atoms with Crippen molar-refractivity contribution in [1.29, 1.82) is 0 Å². The van der Waals surface area contributed by atoms with Gasteiger partial charge in [0.2, 0.25) is 0 Å². The summed E-state index contributed by atoms with van der Waals surface area (Å²) in [5, 5.41) is 19.2. The minimum atomic E-state index is -0.449. The van der Waals surface area contributed by atoms with E-state index in [2.05, 4.69) is 25.7 Å². The number of ether oxygens (including phenoxy) is 2. The predicted octanol–water partition coefficient (Wildman–Crippen LogP) is 2.30. The minimum absolute atomic E-state index is 0.0557. The fraction of sp³-hybridized carbons (Fsp3) is 0.429. The van der Waals surface area contributed by atoms with Gasteiger partial charge in [0.15, 0.2) is 11.5 Å². The zero-order valence-electron chi connectivity index (χ0n) is 22.6. The van der Waals surface area contributed by atoms with Gasteiger partial charge in [0, 0.05) is 25.2 Å². The largest absolute Gasteiger partial charge is 0.483 e. The van der Waals surface area contributed by atoms with Crippen molar-refractivity contribution in [3.05, 3.63) is 53.5 Å². The van der Waals surface area contributed by atoms with Crippen molar-refractivity contribution in [3.8, 4) is 5.75 Å². The van der Waals surface area contributed by atoms with E-state index in [1.54, 1.807) is 18.2 Å². The molecule has 13 nitrogen and oxygen atoms in total. The van der Waals surface area contributed by atoms with Crippen molar-refractivity contribution >= 4 is 35.0 Å². The molecule has 3 aromatic rings. The number of fused-ring (bicyclic) bond motifs is 5. The quantitative estimate of drug-likeness (QED) is 0.250. The van der Waals surface area contributed by atoms with Crippen molar-refractivity contribution in [2.75, 3.05) is 20.3 Å². The Morgan fingerprint density at radius 3 is 2.56 bits per heavy atom. The average molecular weight is 562 g/mol. The Morgan fingerprint density at radius 2 is 1.83 bits per heavy atom. The van der Waals surface area contributed by atoms with E-state index in [9.17, 15) is 14.4 Å². The van der Waals surface area contributed by atoms with Gasteiger partial charge in [-0.3, -0.25) is 25.1 Å². The van der Waals surface area contributed by atoms with Gasteiger partial charge in [-0.15, -0.1) is 0 Å². The summed E-state index contributed by atoms with van der Waals surface area (Å²) in [6.07, 6.45) is 6.37. The molecule has 3 heterocycles. The maximum Gasteiger partial charge on any atom is 0.311 e. The molecule has 2 bridgehead atoms. The van der Waals surface area contributed by atoms with Crippen LogP contribution in [0.15, 0.2) is 41.5 Å². The fourth-order valence-corrected chi connectivity index (χ4v) is 6.14. The summed E-state index contributed by atoms with van der Waals surface area (Å²) in [6.45, 7) is 0.801. The van der Waals surface area contributed by atoms with Crippen LogP contribution in [0.3, 0.4) is 0 Å². The molecule has 3 fully saturated rings. The number of carbonyl (C=O) groups excluding carboxylic acids is 3. The Kier molecular flexibility index (Phi) is 6.81. The number of hydrogen-bond donors (Lipinski definition) is 4. The average Bonchev–Trinajstić information content (AvgIpc) is 3.51. The number of rotatable bonds is 7. The van der Waals surface area contributed by atoms with Gasteiger partial charge in [-0.25, -0.2) is 14.5 Å². The van der Waals surface area contributed by atoms with Gasteiger partial charge < -0.3 is 20.1 Å². The lowest BCUT2D eigenvalue weighted by Gasteiger charge is -2.51. The molecule has 4 aliphatic rings. The zero-order chi connectivity index (χ0) is 28.6. The van der Waals surface area contributed by atoms with Crippen LogP contribution in [-0.4, -0.2) is 63.7 Å². The molecule has 13 heteroatoms. The topological polar surface area (TPSA) is 169 Å². The van der Waals surface area contributed by atoms with E-state index in [0.29, 0.717) is 23.6 Å². The minimum Gasteiger partial charge on any atom is -0.483 e. The van der Waals surface area contributed by atoms with Crippen molar-refractivity contribution in [1.82, 2.24) is 30.7 Å². The predicted molar refractivity (Wildman–Crippen MR) is 145 cm³/mol. The summed E-state index contributed by atoms with van der Waals surface area (Å²) < 4.78 is 12.0. The zero-order valence-corrected chi connectivity index (χ0v) is 22.6. The van der Waals surface area contributed by atoms with Crippen LogP contribution in [0, 0.1) is 10.8 Å². The molecule has 1 aromatic carbocycles. The molecular formula is C28H31N7O6. The Hall–Kier alpha value is -4.52. The molecule has 0 atom stereocenters. The highest BCUT2D eigenvalue weighted by atomic mass is 16.5. The molecule has 2 amide bonds. The van der Waals surface area contributed by atoms with Crippen molar-refractivity contribution < 1.29 is 29.1 Å². The Balaban J connectivity index is 1.13. The third-order valence-corrected chi connectivity index (χ3v) is 8.69. The Morgan fingerprint density at radius 1 is 1.05 bits per heavy atom. The third kappa shape index (κ3) is 4.97. The lowest BCUT2D eigenvalue weighted by molar-refractivity contribution is -0.162. The van der Waals surface area contributed by atoms with Gasteiger partial charge in [-0.1, -0.05) is 6.07 Å². The monoisotopic (exact) mass is 561 g/mol. The van der Waals surface area contributed by atoms with Gasteiger partial charge in [0.25, 0.3) is 11.8 Å². The van der Waals surface area contributed by atoms with E-state index in [4.69, 9.17) is 14.7 Å². The number of aromatic nitrogens is 3. The third-order valence-electron chi connectivity index (χ3n) is 8.69. The van der Waals surface area contributed by atoms with Crippen molar-refractivity contribution in [3.63, 3.8) is 0 Å². The molecule has 1 aliphatic heterocycles. The number of aliphatic imine (C=N–C) groups is 1. The first-order chi connectivity index (χ1) is 19.8. The molecule has 0 spiro atoms. The first-order valence-electron chi connectivity index (χ1n) is 13.6. The normalized spacial score (nSPS) is 22.7. The molecule has 3 aliphatic carbocycles. The van der Waals surface area contributed by atoms with Crippen LogP contribution in [-0.2, 0) is 16.1 Å². The summed E-state index contributed by atoms with van der Waals surface area (Å²) in [5.74, 6) is -0.0631. The maximum absolute atomic E-state index is 13.4. The van der Waals surface area contributed by atoms with Crippen molar-refractivity contribution in [2.24, 2.45) is 15.8 Å². The number of amidine groups is 1. The van der Waals surface area contributed by atoms with Gasteiger partial charge in [-0.05, 0) is 61.6 Å². The lowest BCUT2D eigenvalue weighted by atomic mass is 9.53. The summed E-state index contributed by atoms with van der Waals surface area (Å²) in [4.78, 5) is 47.5. The maximum atomic E-state index is 13.4. The first-order valence-corrected chi connectivity index (χ1v) is 13.6. The number of carbonyl (C=O) groups is 3. The molecule has 2 aromatic heterocycles. The highest BCUT2D eigenvalue weighted by Crippen LogP contribution is 2.57. The van der Waals surface area contributed by atoms with Gasteiger partial charge in [0.05, 0.1) is 18.7 Å². The highest BCUT2D eigenvalue weighted by Gasteiger charge is 2.53. The molecular weight excluding hydrogens is 530 g/mol. The van der Waals surface area contributed by atoms with Crippen LogP contribution in [0.1, 0.15) is 65.1 Å². The summed E-state index contributed by atoms with van der Waals surface area (Å²) in [6, 6.07) is 8.39. The Bertz CT molecular complexity index is 1540. The van der Waals surface area contributed by atoms with E-state index in [0.717, 1.165) is 44.1 Å². The molecule has 0 unspecified atom stereocenters. The van der Waals surface area contributed by atoms with E-state index >= 15 is 0 Å². The molecule has 214 valence electrons. The van der Waals surface area contributed by atoms with Crippen LogP contribution in [0.5, 0.6) is 5.75 Å². The fourth-order valence-electron chi connectivity index (χ4n) is 6.14. The standard InChI is InChI=1S/C28H31N7O6/c1-40-26(38)28-8-5-27(6-9-28,7-10-28)16-30-25(37)20-13-19(33-23-4-11-31-35(20)23)24(36)29-14-17-2-3-21-18(12-17)32-22(34-39)15-41-21/h2-4,11-13,39H,5-10,14-16H2,1H3,(H,29,36)(H,30,37)(H,32,34). The second kappa shape index (κ2) is 10.5. The summed E-state index contributed by atoms with van der Waals surface area (Å²) >= 11 is 0. The number of nitrogens with zero attached hydrogens (tertiary/aromatic N) is 4. The van der Waals surface area contributed by atoms with Crippen LogP contribution in [0.2, 0.25) is 0 Å².